The molecule has 0 aliphatic heterocycles. The fraction of sp³-hybridized carbons (Fsp3) is 0.600. The highest BCUT2D eigenvalue weighted by molar-refractivity contribution is 5.94. The normalized spacial score (nSPS) is 18.0. The molecule has 0 radical (unpaired) electrons. The van der Waals surface area contributed by atoms with Gasteiger partial charge in [0.05, 0.1) is 5.69 Å². The van der Waals surface area contributed by atoms with Crippen LogP contribution in [0.1, 0.15) is 55.1 Å². The van der Waals surface area contributed by atoms with E-state index >= 15 is 0 Å². The molecule has 0 spiro atoms. The molecule has 104 valence electrons. The Hall–Kier alpha value is -1.42. The van der Waals surface area contributed by atoms with Gasteiger partial charge in [-0.2, -0.15) is 0 Å². The van der Waals surface area contributed by atoms with Gasteiger partial charge >= 0.3 is 0 Å². The molecule has 1 heterocycles. The summed E-state index contributed by atoms with van der Waals surface area (Å²) in [6.45, 7) is 2.47. The van der Waals surface area contributed by atoms with E-state index in [1.54, 1.807) is 18.3 Å². The van der Waals surface area contributed by atoms with Crippen molar-refractivity contribution >= 4 is 5.91 Å². The minimum absolute atomic E-state index is 0.0184. The maximum Gasteiger partial charge on any atom is 0.251 e. The SMILES string of the molecule is CC(NC(=O)c1ccnc(CN)c1)C1CCCCC1. The van der Waals surface area contributed by atoms with Crippen LogP contribution in [-0.4, -0.2) is 16.9 Å². The van der Waals surface area contributed by atoms with Crippen molar-refractivity contribution in [3.63, 3.8) is 0 Å². The Balaban J connectivity index is 1.95. The van der Waals surface area contributed by atoms with Crippen LogP contribution in [0.15, 0.2) is 18.3 Å². The lowest BCUT2D eigenvalue weighted by molar-refractivity contribution is 0.0919. The molecule has 2 rings (SSSR count). The molecule has 3 N–H and O–H groups in total. The summed E-state index contributed by atoms with van der Waals surface area (Å²) in [6, 6.07) is 3.74. The second-order valence-electron chi connectivity index (χ2n) is 5.40. The minimum atomic E-state index is -0.0184. The van der Waals surface area contributed by atoms with Crippen LogP contribution in [0, 0.1) is 5.92 Å². The number of carbonyl (C=O) groups excluding carboxylic acids is 1. The molecule has 0 saturated heterocycles. The highest BCUT2D eigenvalue weighted by Crippen LogP contribution is 2.26. The van der Waals surface area contributed by atoms with Gasteiger partial charge in [-0.3, -0.25) is 9.78 Å². The molecule has 0 bridgehead atoms. The molecule has 1 aliphatic rings. The van der Waals surface area contributed by atoms with Crippen LogP contribution < -0.4 is 11.1 Å². The zero-order valence-electron chi connectivity index (χ0n) is 11.6. The summed E-state index contributed by atoms with van der Waals surface area (Å²) in [7, 11) is 0. The predicted octanol–water partition coefficient (Wildman–Crippen LogP) is 2.24. The fourth-order valence-corrected chi connectivity index (χ4v) is 2.77. The van der Waals surface area contributed by atoms with Crippen LogP contribution in [0.25, 0.3) is 0 Å². The number of nitrogens with zero attached hydrogens (tertiary/aromatic N) is 1. The molecular weight excluding hydrogens is 238 g/mol. The number of nitrogens with one attached hydrogen (secondary N) is 1. The predicted molar refractivity (Wildman–Crippen MR) is 75.6 cm³/mol. The summed E-state index contributed by atoms with van der Waals surface area (Å²) in [5.41, 5.74) is 6.94. The molecule has 1 saturated carbocycles. The van der Waals surface area contributed by atoms with E-state index in [0.717, 1.165) is 5.69 Å². The van der Waals surface area contributed by atoms with Gasteiger partial charge < -0.3 is 11.1 Å². The Morgan fingerprint density at radius 3 is 2.89 bits per heavy atom. The summed E-state index contributed by atoms with van der Waals surface area (Å²) >= 11 is 0. The van der Waals surface area contributed by atoms with Crippen molar-refractivity contribution in [3.05, 3.63) is 29.6 Å². The average molecular weight is 261 g/mol. The van der Waals surface area contributed by atoms with Crippen LogP contribution in [0.2, 0.25) is 0 Å². The lowest BCUT2D eigenvalue weighted by Gasteiger charge is -2.28. The maximum absolute atomic E-state index is 12.2. The van der Waals surface area contributed by atoms with Crippen LogP contribution in [0.4, 0.5) is 0 Å². The first-order valence-electron chi connectivity index (χ1n) is 7.16. The van der Waals surface area contributed by atoms with Crippen molar-refractivity contribution < 1.29 is 4.79 Å². The molecule has 1 aliphatic carbocycles. The summed E-state index contributed by atoms with van der Waals surface area (Å²) < 4.78 is 0. The molecule has 1 unspecified atom stereocenters. The number of amides is 1. The number of aromatic nitrogens is 1. The summed E-state index contributed by atoms with van der Waals surface area (Å²) in [4.78, 5) is 16.3. The van der Waals surface area contributed by atoms with Crippen molar-refractivity contribution in [3.8, 4) is 0 Å². The van der Waals surface area contributed by atoms with Crippen LogP contribution in [0.3, 0.4) is 0 Å². The van der Waals surface area contributed by atoms with Gasteiger partial charge in [0.25, 0.3) is 5.91 Å². The topological polar surface area (TPSA) is 68.0 Å². The molecule has 4 heteroatoms. The molecule has 1 amide bonds. The highest BCUT2D eigenvalue weighted by atomic mass is 16.1. The standard InChI is InChI=1S/C15H23N3O/c1-11(12-5-3-2-4-6-12)18-15(19)13-7-8-17-14(9-13)10-16/h7-9,11-12H,2-6,10,16H2,1H3,(H,18,19). The van der Waals surface area contributed by atoms with Crippen molar-refractivity contribution in [2.24, 2.45) is 11.7 Å². The third kappa shape index (κ3) is 3.77. The first kappa shape index (κ1) is 14.0. The molecule has 1 atom stereocenters. The molecule has 1 fully saturated rings. The van der Waals surface area contributed by atoms with Gasteiger partial charge in [0.15, 0.2) is 0 Å². The van der Waals surface area contributed by atoms with E-state index in [1.165, 1.54) is 32.1 Å². The van der Waals surface area contributed by atoms with E-state index in [4.69, 9.17) is 5.73 Å². The molecule has 0 aromatic carbocycles. The largest absolute Gasteiger partial charge is 0.349 e. The number of nitrogens with two attached hydrogens (primary N) is 1. The number of hydrogen-bond donors (Lipinski definition) is 2. The average Bonchev–Trinajstić information content (AvgIpc) is 2.48. The maximum atomic E-state index is 12.2. The molecule has 4 nitrogen and oxygen atoms in total. The lowest BCUT2D eigenvalue weighted by Crippen LogP contribution is -2.38. The second-order valence-corrected chi connectivity index (χ2v) is 5.40. The molecule has 1 aromatic heterocycles. The van der Waals surface area contributed by atoms with Gasteiger partial charge in [-0.15, -0.1) is 0 Å². The zero-order chi connectivity index (χ0) is 13.7. The third-order valence-electron chi connectivity index (χ3n) is 4.00. The van der Waals surface area contributed by atoms with Gasteiger partial charge in [0.1, 0.15) is 0 Å². The van der Waals surface area contributed by atoms with Crippen LogP contribution in [-0.2, 0) is 6.54 Å². The van der Waals surface area contributed by atoms with Crippen molar-refractivity contribution in [2.75, 3.05) is 0 Å². The number of hydrogen-bond acceptors (Lipinski definition) is 3. The second kappa shape index (κ2) is 6.66. The Bertz CT molecular complexity index is 427. The molecular formula is C15H23N3O. The van der Waals surface area contributed by atoms with E-state index in [1.807, 2.05) is 0 Å². The Kier molecular flexibility index (Phi) is 4.91. The van der Waals surface area contributed by atoms with Crippen molar-refractivity contribution in [1.29, 1.82) is 0 Å². The summed E-state index contributed by atoms with van der Waals surface area (Å²) in [5, 5.41) is 3.11. The van der Waals surface area contributed by atoms with Gasteiger partial charge in [0, 0.05) is 24.3 Å². The first-order chi connectivity index (χ1) is 9.20. The monoisotopic (exact) mass is 261 g/mol. The van der Waals surface area contributed by atoms with Gasteiger partial charge in [-0.25, -0.2) is 0 Å². The third-order valence-corrected chi connectivity index (χ3v) is 4.00. The smallest absolute Gasteiger partial charge is 0.251 e. The van der Waals surface area contributed by atoms with E-state index in [2.05, 4.69) is 17.2 Å². The first-order valence-corrected chi connectivity index (χ1v) is 7.16. The van der Waals surface area contributed by atoms with Gasteiger partial charge in [-0.05, 0) is 37.8 Å². The summed E-state index contributed by atoms with van der Waals surface area (Å²) in [6.07, 6.45) is 8.01. The van der Waals surface area contributed by atoms with Crippen molar-refractivity contribution in [1.82, 2.24) is 10.3 Å². The van der Waals surface area contributed by atoms with Crippen LogP contribution in [0.5, 0.6) is 0 Å². The molecule has 19 heavy (non-hydrogen) atoms. The Morgan fingerprint density at radius 1 is 1.47 bits per heavy atom. The van der Waals surface area contributed by atoms with E-state index < -0.39 is 0 Å². The van der Waals surface area contributed by atoms with E-state index in [0.29, 0.717) is 18.0 Å². The molecule has 1 aromatic rings. The highest BCUT2D eigenvalue weighted by Gasteiger charge is 2.21. The van der Waals surface area contributed by atoms with Crippen LogP contribution >= 0.6 is 0 Å². The van der Waals surface area contributed by atoms with E-state index in [9.17, 15) is 4.79 Å². The number of pyridine rings is 1. The van der Waals surface area contributed by atoms with Gasteiger partial charge in [0.2, 0.25) is 0 Å². The fourth-order valence-electron chi connectivity index (χ4n) is 2.77. The van der Waals surface area contributed by atoms with E-state index in [-0.39, 0.29) is 11.9 Å². The van der Waals surface area contributed by atoms with Crippen molar-refractivity contribution in [2.45, 2.75) is 51.6 Å². The lowest BCUT2D eigenvalue weighted by atomic mass is 9.84. The Labute approximate surface area is 114 Å². The number of carbonyl (C=O) groups is 1. The number of rotatable bonds is 4. The zero-order valence-corrected chi connectivity index (χ0v) is 11.6. The minimum Gasteiger partial charge on any atom is -0.349 e. The summed E-state index contributed by atoms with van der Waals surface area (Å²) in [5.74, 6) is 0.601. The quantitative estimate of drug-likeness (QED) is 0.873. The Morgan fingerprint density at radius 2 is 2.21 bits per heavy atom. The van der Waals surface area contributed by atoms with Gasteiger partial charge in [-0.1, -0.05) is 19.3 Å².